The van der Waals surface area contributed by atoms with Crippen LogP contribution >= 0.6 is 0 Å². The van der Waals surface area contributed by atoms with Gasteiger partial charge in [-0.05, 0) is 36.5 Å². The van der Waals surface area contributed by atoms with E-state index in [1.807, 2.05) is 0 Å². The standard InChI is InChI=1S/C11H19NO3S/c1-11(2)9-4-3-8(10(11)7-9)5-6-15-16(12,13)14/h3,9-10H,4-7H2,1-2H3,(H2,12,13,14)/t9-,10-/m0/s1. The van der Waals surface area contributed by atoms with E-state index in [2.05, 4.69) is 24.1 Å². The molecule has 1 fully saturated rings. The molecule has 3 aliphatic rings. The molecule has 0 aromatic carbocycles. The normalized spacial score (nSPS) is 31.8. The third kappa shape index (κ3) is 2.17. The minimum absolute atomic E-state index is 0.169. The molecule has 16 heavy (non-hydrogen) atoms. The monoisotopic (exact) mass is 245 g/mol. The maximum atomic E-state index is 10.6. The van der Waals surface area contributed by atoms with Gasteiger partial charge in [-0.25, -0.2) is 5.14 Å². The van der Waals surface area contributed by atoms with Crippen molar-refractivity contribution in [2.24, 2.45) is 22.4 Å². The topological polar surface area (TPSA) is 69.4 Å². The molecular weight excluding hydrogens is 226 g/mol. The summed E-state index contributed by atoms with van der Waals surface area (Å²) < 4.78 is 25.8. The van der Waals surface area contributed by atoms with E-state index in [1.165, 1.54) is 12.0 Å². The molecule has 0 spiro atoms. The van der Waals surface area contributed by atoms with Gasteiger partial charge in [0.25, 0.3) is 0 Å². The Morgan fingerprint density at radius 3 is 2.75 bits per heavy atom. The summed E-state index contributed by atoms with van der Waals surface area (Å²) in [6.07, 6.45) is 5.29. The molecule has 0 aliphatic heterocycles. The molecule has 3 rings (SSSR count). The summed E-state index contributed by atoms with van der Waals surface area (Å²) in [5.41, 5.74) is 1.72. The smallest absolute Gasteiger partial charge is 0.258 e. The molecule has 1 saturated carbocycles. The fraction of sp³-hybridized carbons (Fsp3) is 0.818. The lowest BCUT2D eigenvalue weighted by Gasteiger charge is -2.56. The fourth-order valence-corrected chi connectivity index (χ4v) is 3.35. The molecule has 92 valence electrons. The number of nitrogens with two attached hydrogens (primary N) is 1. The molecular formula is C11H19NO3S. The van der Waals surface area contributed by atoms with Crippen molar-refractivity contribution in [1.29, 1.82) is 0 Å². The molecule has 2 N–H and O–H groups in total. The second kappa shape index (κ2) is 3.82. The van der Waals surface area contributed by atoms with Gasteiger partial charge in [0.05, 0.1) is 6.61 Å². The molecule has 0 heterocycles. The first-order chi connectivity index (χ1) is 7.31. The van der Waals surface area contributed by atoms with Gasteiger partial charge in [-0.15, -0.1) is 0 Å². The molecule has 4 nitrogen and oxygen atoms in total. The van der Waals surface area contributed by atoms with Crippen molar-refractivity contribution in [1.82, 2.24) is 0 Å². The number of allylic oxidation sites excluding steroid dienone is 1. The first-order valence-electron chi connectivity index (χ1n) is 5.67. The zero-order valence-corrected chi connectivity index (χ0v) is 10.6. The maximum Gasteiger partial charge on any atom is 0.333 e. The molecule has 5 heteroatoms. The number of fused-ring (bicyclic) bond motifs is 1. The summed E-state index contributed by atoms with van der Waals surface area (Å²) in [6.45, 7) is 4.75. The Bertz CT molecular complexity index is 411. The summed E-state index contributed by atoms with van der Waals surface area (Å²) in [4.78, 5) is 0. The van der Waals surface area contributed by atoms with Crippen LogP contribution < -0.4 is 5.14 Å². The summed E-state index contributed by atoms with van der Waals surface area (Å²) in [6, 6.07) is 0. The highest BCUT2D eigenvalue weighted by Crippen LogP contribution is 2.59. The lowest BCUT2D eigenvalue weighted by molar-refractivity contribution is -0.00910. The SMILES string of the molecule is CC1(C)[C@H]2CC=C(CCOS(N)(=O)=O)[C@@H]1C2. The second-order valence-corrected chi connectivity index (χ2v) is 6.61. The van der Waals surface area contributed by atoms with Gasteiger partial charge in [-0.1, -0.05) is 25.5 Å². The third-order valence-corrected chi connectivity index (χ3v) is 4.72. The summed E-state index contributed by atoms with van der Waals surface area (Å²) in [5, 5.41) is 4.78. The van der Waals surface area contributed by atoms with E-state index >= 15 is 0 Å². The van der Waals surface area contributed by atoms with Gasteiger partial charge in [-0.3, -0.25) is 4.18 Å². The van der Waals surface area contributed by atoms with Gasteiger partial charge in [-0.2, -0.15) is 8.42 Å². The number of hydrogen-bond acceptors (Lipinski definition) is 3. The van der Waals surface area contributed by atoms with E-state index in [-0.39, 0.29) is 6.61 Å². The number of rotatable bonds is 4. The second-order valence-electron chi connectivity index (χ2n) is 5.39. The van der Waals surface area contributed by atoms with Crippen LogP contribution in [0.25, 0.3) is 0 Å². The highest BCUT2D eigenvalue weighted by Gasteiger charge is 2.50. The average Bonchev–Trinajstić information content (AvgIpc) is 2.15. The minimum atomic E-state index is -3.79. The van der Waals surface area contributed by atoms with E-state index in [0.717, 1.165) is 12.3 Å². The third-order valence-electron chi connectivity index (χ3n) is 4.22. The highest BCUT2D eigenvalue weighted by atomic mass is 32.2. The molecule has 0 aromatic heterocycles. The molecule has 0 aromatic rings. The van der Waals surface area contributed by atoms with Crippen molar-refractivity contribution in [3.63, 3.8) is 0 Å². The first kappa shape index (κ1) is 12.1. The number of hydrogen-bond donors (Lipinski definition) is 1. The van der Waals surface area contributed by atoms with Gasteiger partial charge < -0.3 is 0 Å². The van der Waals surface area contributed by atoms with E-state index in [9.17, 15) is 8.42 Å². The molecule has 3 aliphatic carbocycles. The minimum Gasteiger partial charge on any atom is -0.258 e. The van der Waals surface area contributed by atoms with Crippen molar-refractivity contribution >= 4 is 10.3 Å². The Kier molecular flexibility index (Phi) is 2.88. The van der Waals surface area contributed by atoms with Crippen LogP contribution in [0.1, 0.15) is 33.1 Å². The van der Waals surface area contributed by atoms with Crippen molar-refractivity contribution in [2.75, 3.05) is 6.61 Å². The Balaban J connectivity index is 1.90. The molecule has 2 atom stereocenters. The zero-order valence-electron chi connectivity index (χ0n) is 9.77. The van der Waals surface area contributed by atoms with Crippen LogP contribution in [0.2, 0.25) is 0 Å². The predicted molar refractivity (Wildman–Crippen MR) is 61.8 cm³/mol. The van der Waals surface area contributed by atoms with E-state index in [0.29, 0.717) is 17.8 Å². The van der Waals surface area contributed by atoms with E-state index in [4.69, 9.17) is 5.14 Å². The lowest BCUT2D eigenvalue weighted by Crippen LogP contribution is -2.48. The largest absolute Gasteiger partial charge is 0.333 e. The van der Waals surface area contributed by atoms with E-state index in [1.54, 1.807) is 0 Å². The summed E-state index contributed by atoms with van der Waals surface area (Å²) in [5.74, 6) is 1.41. The molecule has 0 saturated heterocycles. The summed E-state index contributed by atoms with van der Waals surface area (Å²) in [7, 11) is -3.79. The average molecular weight is 245 g/mol. The van der Waals surface area contributed by atoms with Crippen LogP contribution in [-0.4, -0.2) is 15.0 Å². The van der Waals surface area contributed by atoms with Gasteiger partial charge in [0.15, 0.2) is 0 Å². The lowest BCUT2D eigenvalue weighted by atomic mass is 9.48. The quantitative estimate of drug-likeness (QED) is 0.765. The van der Waals surface area contributed by atoms with Gasteiger partial charge >= 0.3 is 10.3 Å². The van der Waals surface area contributed by atoms with Gasteiger partial charge in [0, 0.05) is 0 Å². The van der Waals surface area contributed by atoms with Crippen LogP contribution in [0.15, 0.2) is 11.6 Å². The van der Waals surface area contributed by atoms with Gasteiger partial charge in [0.1, 0.15) is 0 Å². The zero-order chi connectivity index (χ0) is 12.0. The predicted octanol–water partition coefficient (Wildman–Crippen LogP) is 1.59. The van der Waals surface area contributed by atoms with Crippen molar-refractivity contribution < 1.29 is 12.6 Å². The van der Waals surface area contributed by atoms with Crippen molar-refractivity contribution in [3.8, 4) is 0 Å². The summed E-state index contributed by atoms with van der Waals surface area (Å²) >= 11 is 0. The molecule has 2 bridgehead atoms. The van der Waals surface area contributed by atoms with Crippen molar-refractivity contribution in [2.45, 2.75) is 33.1 Å². The Morgan fingerprint density at radius 1 is 1.56 bits per heavy atom. The van der Waals surface area contributed by atoms with Crippen molar-refractivity contribution in [3.05, 3.63) is 11.6 Å². The molecule has 0 amide bonds. The van der Waals surface area contributed by atoms with Crippen LogP contribution in [0, 0.1) is 17.3 Å². The Labute approximate surface area is 97.1 Å². The van der Waals surface area contributed by atoms with Crippen LogP contribution in [0.3, 0.4) is 0 Å². The van der Waals surface area contributed by atoms with Crippen LogP contribution in [-0.2, 0) is 14.5 Å². The maximum absolute atomic E-state index is 10.6. The molecule has 0 radical (unpaired) electrons. The van der Waals surface area contributed by atoms with E-state index < -0.39 is 10.3 Å². The first-order valence-corrected chi connectivity index (χ1v) is 7.14. The van der Waals surface area contributed by atoms with Crippen LogP contribution in [0.4, 0.5) is 0 Å². The Morgan fingerprint density at radius 2 is 2.25 bits per heavy atom. The fourth-order valence-electron chi connectivity index (χ4n) is 3.03. The molecule has 0 unspecified atom stereocenters. The van der Waals surface area contributed by atoms with Gasteiger partial charge in [0.2, 0.25) is 0 Å². The Hall–Kier alpha value is -0.390. The highest BCUT2D eigenvalue weighted by molar-refractivity contribution is 7.84. The van der Waals surface area contributed by atoms with Crippen LogP contribution in [0.5, 0.6) is 0 Å².